The molecule has 2 aromatic rings. The summed E-state index contributed by atoms with van der Waals surface area (Å²) in [6.45, 7) is -0.617. The number of halogens is 2. The van der Waals surface area contributed by atoms with Gasteiger partial charge in [0, 0.05) is 24.2 Å². The van der Waals surface area contributed by atoms with Crippen LogP contribution in [0.1, 0.15) is 18.4 Å². The number of aromatic nitrogens is 2. The largest absolute Gasteiger partial charge is 0.507 e. The summed E-state index contributed by atoms with van der Waals surface area (Å²) in [6.07, 6.45) is 1.23. The number of carbonyl (C=O) groups is 1. The Morgan fingerprint density at radius 1 is 1.31 bits per heavy atom. The van der Waals surface area contributed by atoms with Gasteiger partial charge in [0.2, 0.25) is 0 Å². The van der Waals surface area contributed by atoms with Gasteiger partial charge in [0.05, 0.1) is 5.69 Å². The summed E-state index contributed by atoms with van der Waals surface area (Å²) in [5.41, 5.74) is 1.50. The maximum Gasteiger partial charge on any atom is 0.387 e. The number of alkyl halides is 2. The van der Waals surface area contributed by atoms with Gasteiger partial charge in [0.15, 0.2) is 0 Å². The highest BCUT2D eigenvalue weighted by Gasteiger charge is 2.30. The van der Waals surface area contributed by atoms with Gasteiger partial charge in [0.1, 0.15) is 23.4 Å². The summed E-state index contributed by atoms with van der Waals surface area (Å²) in [4.78, 5) is 13.0. The zero-order valence-corrected chi connectivity index (χ0v) is 16.0. The predicted octanol–water partition coefficient (Wildman–Crippen LogP) is 2.72. The van der Waals surface area contributed by atoms with Crippen molar-refractivity contribution in [3.63, 3.8) is 0 Å². The number of piperidine rings is 1. The number of phenolic OH excluding ortho intramolecular Hbond substituents is 1. The number of aryl methyl sites for hydroxylation is 1. The number of aromatic hydroxyl groups is 1. The molecular formula is C19H22F2N4O4. The Bertz CT molecular complexity index is 897. The second-order valence-electron chi connectivity index (χ2n) is 7.03. The van der Waals surface area contributed by atoms with Crippen LogP contribution in [0, 0.1) is 6.92 Å². The van der Waals surface area contributed by atoms with Crippen LogP contribution in [0.4, 0.5) is 14.6 Å². The molecule has 1 aliphatic heterocycles. The highest BCUT2D eigenvalue weighted by atomic mass is 19.3. The van der Waals surface area contributed by atoms with E-state index in [4.69, 9.17) is 0 Å². The number of likely N-dealkylation sites (N-methyl/N-ethyl adjacent to an activating group) is 1. The predicted molar refractivity (Wildman–Crippen MR) is 101 cm³/mol. The second kappa shape index (κ2) is 8.56. The minimum atomic E-state index is -2.98. The number of anilines is 1. The minimum Gasteiger partial charge on any atom is -0.507 e. The minimum absolute atomic E-state index is 0.0364. The molecule has 3 N–H and O–H groups in total. The number of nitrogens with zero attached hydrogens (tertiary/aromatic N) is 3. The number of ether oxygens (including phenoxy) is 1. The fraction of sp³-hybridized carbons (Fsp3) is 0.421. The van der Waals surface area contributed by atoms with E-state index in [1.807, 2.05) is 0 Å². The topological polar surface area (TPSA) is 108 Å². The van der Waals surface area contributed by atoms with Crippen LogP contribution in [0.15, 0.2) is 24.3 Å². The van der Waals surface area contributed by atoms with Crippen LogP contribution in [0.3, 0.4) is 0 Å². The first-order valence-electron chi connectivity index (χ1n) is 9.06. The molecule has 2 unspecified atom stereocenters. The van der Waals surface area contributed by atoms with E-state index in [2.05, 4.69) is 20.3 Å². The number of hydrogen-bond donors (Lipinski definition) is 3. The average Bonchev–Trinajstić information content (AvgIpc) is 2.62. The number of carboxylic acids is 1. The Kier molecular flexibility index (Phi) is 6.12. The zero-order chi connectivity index (χ0) is 21.1. The van der Waals surface area contributed by atoms with Crippen LogP contribution in [0.25, 0.3) is 11.3 Å². The van der Waals surface area contributed by atoms with E-state index in [1.54, 1.807) is 24.9 Å². The van der Waals surface area contributed by atoms with E-state index in [0.29, 0.717) is 36.5 Å². The molecule has 2 atom stereocenters. The van der Waals surface area contributed by atoms with Gasteiger partial charge in [-0.15, -0.1) is 10.2 Å². The van der Waals surface area contributed by atoms with Crippen molar-refractivity contribution in [2.24, 2.45) is 0 Å². The Hall–Kier alpha value is -3.01. The van der Waals surface area contributed by atoms with Gasteiger partial charge in [-0.05, 0) is 50.6 Å². The van der Waals surface area contributed by atoms with Crippen LogP contribution in [-0.4, -0.2) is 63.6 Å². The summed E-state index contributed by atoms with van der Waals surface area (Å²) in [7, 11) is 1.77. The first-order valence-corrected chi connectivity index (χ1v) is 9.06. The fourth-order valence-corrected chi connectivity index (χ4v) is 3.49. The average molecular weight is 408 g/mol. The highest BCUT2D eigenvalue weighted by molar-refractivity contribution is 5.73. The molecule has 0 amide bonds. The summed E-state index contributed by atoms with van der Waals surface area (Å²) in [5, 5.41) is 30.9. The van der Waals surface area contributed by atoms with Crippen molar-refractivity contribution in [3.05, 3.63) is 29.8 Å². The third kappa shape index (κ3) is 4.89. The number of rotatable bonds is 6. The molecule has 1 aromatic heterocycles. The van der Waals surface area contributed by atoms with E-state index >= 15 is 0 Å². The number of phenols is 1. The van der Waals surface area contributed by atoms with Crippen molar-refractivity contribution in [2.45, 2.75) is 38.5 Å². The van der Waals surface area contributed by atoms with E-state index in [1.165, 1.54) is 12.1 Å². The third-order valence-corrected chi connectivity index (χ3v) is 4.90. The number of likely N-dealkylation sites (tertiary alicyclic amines) is 1. The molecule has 1 aliphatic rings. The van der Waals surface area contributed by atoms with Gasteiger partial charge in [-0.2, -0.15) is 8.78 Å². The summed E-state index contributed by atoms with van der Waals surface area (Å²) >= 11 is 0. The number of nitrogens with one attached hydrogen (secondary N) is 1. The number of hydrogen-bond acceptors (Lipinski definition) is 7. The Labute approximate surface area is 166 Å². The Balaban J connectivity index is 1.72. The third-order valence-electron chi connectivity index (χ3n) is 4.90. The smallest absolute Gasteiger partial charge is 0.387 e. The van der Waals surface area contributed by atoms with Gasteiger partial charge in [-0.3, -0.25) is 9.69 Å². The lowest BCUT2D eigenvalue weighted by Crippen LogP contribution is -2.49. The number of aliphatic carboxylic acids is 1. The van der Waals surface area contributed by atoms with Crippen LogP contribution in [-0.2, 0) is 4.79 Å². The number of benzene rings is 1. The van der Waals surface area contributed by atoms with Crippen LogP contribution >= 0.6 is 0 Å². The lowest BCUT2D eigenvalue weighted by Gasteiger charge is -2.35. The normalized spacial score (nSPS) is 19.9. The first kappa shape index (κ1) is 20.7. The van der Waals surface area contributed by atoms with E-state index < -0.39 is 18.6 Å². The van der Waals surface area contributed by atoms with Gasteiger partial charge in [0.25, 0.3) is 0 Å². The molecule has 29 heavy (non-hydrogen) atoms. The Morgan fingerprint density at radius 2 is 2.07 bits per heavy atom. The molecule has 0 bridgehead atoms. The van der Waals surface area contributed by atoms with E-state index in [0.717, 1.165) is 11.6 Å². The molecule has 0 spiro atoms. The molecule has 3 rings (SSSR count). The molecule has 156 valence electrons. The van der Waals surface area contributed by atoms with Crippen molar-refractivity contribution in [1.82, 2.24) is 15.1 Å². The van der Waals surface area contributed by atoms with Crippen molar-refractivity contribution >= 4 is 11.8 Å². The summed E-state index contributed by atoms with van der Waals surface area (Å²) < 4.78 is 28.9. The van der Waals surface area contributed by atoms with Gasteiger partial charge in [-0.25, -0.2) is 0 Å². The molecular weight excluding hydrogens is 386 g/mol. The molecule has 0 saturated carbocycles. The molecule has 2 heterocycles. The number of carboxylic acid groups (broad SMARTS) is 1. The van der Waals surface area contributed by atoms with Crippen molar-refractivity contribution in [1.29, 1.82) is 0 Å². The molecule has 1 saturated heterocycles. The molecule has 1 aromatic carbocycles. The maximum atomic E-state index is 12.3. The van der Waals surface area contributed by atoms with Gasteiger partial charge < -0.3 is 20.3 Å². The standard InChI is InChI=1S/C19H22F2N4O4/c1-10-7-16(22-11-3-6-14(18(27)28)25(2)9-11)23-24-17(10)13-5-4-12(8-15(13)26)29-19(20)21/h4-5,7-8,11,14,19,26H,3,6,9H2,1-2H3,(H,22,23)(H,27,28). The summed E-state index contributed by atoms with van der Waals surface area (Å²) in [6, 6.07) is 5.20. The van der Waals surface area contributed by atoms with Crippen LogP contribution in [0.5, 0.6) is 11.5 Å². The fourth-order valence-electron chi connectivity index (χ4n) is 3.49. The molecule has 1 fully saturated rings. The highest BCUT2D eigenvalue weighted by Crippen LogP contribution is 2.33. The monoisotopic (exact) mass is 408 g/mol. The van der Waals surface area contributed by atoms with E-state index in [9.17, 15) is 23.8 Å². The van der Waals surface area contributed by atoms with Crippen molar-refractivity contribution in [3.8, 4) is 22.8 Å². The molecule has 10 heteroatoms. The first-order chi connectivity index (χ1) is 13.7. The quantitative estimate of drug-likeness (QED) is 0.670. The maximum absolute atomic E-state index is 12.3. The summed E-state index contributed by atoms with van der Waals surface area (Å²) in [5.74, 6) is -0.674. The second-order valence-corrected chi connectivity index (χ2v) is 7.03. The molecule has 0 aliphatic carbocycles. The van der Waals surface area contributed by atoms with Crippen LogP contribution in [0.2, 0.25) is 0 Å². The van der Waals surface area contributed by atoms with Crippen molar-refractivity contribution < 1.29 is 28.5 Å². The van der Waals surface area contributed by atoms with Crippen molar-refractivity contribution in [2.75, 3.05) is 18.9 Å². The van der Waals surface area contributed by atoms with E-state index in [-0.39, 0.29) is 17.5 Å². The molecule has 8 nitrogen and oxygen atoms in total. The van der Waals surface area contributed by atoms with Gasteiger partial charge >= 0.3 is 12.6 Å². The van der Waals surface area contributed by atoms with Gasteiger partial charge in [-0.1, -0.05) is 0 Å². The lowest BCUT2D eigenvalue weighted by molar-refractivity contribution is -0.143. The lowest BCUT2D eigenvalue weighted by atomic mass is 9.99. The zero-order valence-electron chi connectivity index (χ0n) is 16.0. The Morgan fingerprint density at radius 3 is 2.66 bits per heavy atom. The molecule has 0 radical (unpaired) electrons. The SMILES string of the molecule is Cc1cc(NC2CCC(C(=O)O)N(C)C2)nnc1-c1ccc(OC(F)F)cc1O. The van der Waals surface area contributed by atoms with Crippen LogP contribution < -0.4 is 10.1 Å².